The van der Waals surface area contributed by atoms with Crippen LogP contribution in [0.1, 0.15) is 26.7 Å². The van der Waals surface area contributed by atoms with Gasteiger partial charge < -0.3 is 9.64 Å². The Bertz CT molecular complexity index is 180. The lowest BCUT2D eigenvalue weighted by Crippen LogP contribution is -2.35. The first-order valence-corrected chi connectivity index (χ1v) is 4.50. The van der Waals surface area contributed by atoms with E-state index >= 15 is 0 Å². The molecule has 0 saturated heterocycles. The molecule has 0 rings (SSSR count). The van der Waals surface area contributed by atoms with Gasteiger partial charge in [0.2, 0.25) is 5.91 Å². The van der Waals surface area contributed by atoms with Crippen molar-refractivity contribution < 1.29 is 14.3 Å². The van der Waals surface area contributed by atoms with Gasteiger partial charge in [0.05, 0.1) is 7.11 Å². The lowest BCUT2D eigenvalue weighted by atomic mass is 10.3. The third-order valence-corrected chi connectivity index (χ3v) is 1.75. The summed E-state index contributed by atoms with van der Waals surface area (Å²) in [6.45, 7) is 4.39. The lowest BCUT2D eigenvalue weighted by molar-refractivity contribution is -0.146. The van der Waals surface area contributed by atoms with Crippen LogP contribution in [-0.4, -0.2) is 37.0 Å². The number of hydrogen-bond acceptors (Lipinski definition) is 3. The summed E-state index contributed by atoms with van der Waals surface area (Å²) >= 11 is 0. The summed E-state index contributed by atoms with van der Waals surface area (Å²) in [5.41, 5.74) is 0. The van der Waals surface area contributed by atoms with Crippen LogP contribution in [0.25, 0.3) is 0 Å². The number of rotatable bonds is 5. The van der Waals surface area contributed by atoms with Crippen molar-refractivity contribution in [1.82, 2.24) is 4.90 Å². The Hall–Kier alpha value is -1.06. The van der Waals surface area contributed by atoms with Gasteiger partial charge in [-0.1, -0.05) is 6.92 Å². The Labute approximate surface area is 78.9 Å². The Morgan fingerprint density at radius 2 is 1.92 bits per heavy atom. The van der Waals surface area contributed by atoms with Gasteiger partial charge in [-0.3, -0.25) is 9.59 Å². The van der Waals surface area contributed by atoms with Crippen molar-refractivity contribution in [1.29, 1.82) is 0 Å². The average Bonchev–Trinajstić information content (AvgIpc) is 2.14. The van der Waals surface area contributed by atoms with Crippen LogP contribution in [0.4, 0.5) is 0 Å². The Morgan fingerprint density at radius 1 is 1.31 bits per heavy atom. The van der Waals surface area contributed by atoms with Crippen molar-refractivity contribution in [2.75, 3.05) is 20.2 Å². The second-order valence-electron chi connectivity index (χ2n) is 2.73. The first-order chi connectivity index (χ1) is 6.15. The maximum Gasteiger partial charge on any atom is 0.325 e. The maximum absolute atomic E-state index is 11.3. The molecule has 0 spiro atoms. The number of likely N-dealkylation sites (N-methyl/N-ethyl adjacent to an activating group) is 1. The van der Waals surface area contributed by atoms with E-state index in [0.717, 1.165) is 6.42 Å². The molecule has 0 aromatic rings. The third kappa shape index (κ3) is 4.50. The number of amides is 1. The molecule has 0 aliphatic carbocycles. The minimum absolute atomic E-state index is 0.00963. The summed E-state index contributed by atoms with van der Waals surface area (Å²) < 4.78 is 4.48. The van der Waals surface area contributed by atoms with E-state index in [1.54, 1.807) is 0 Å². The molecule has 0 N–H and O–H groups in total. The highest BCUT2D eigenvalue weighted by atomic mass is 16.5. The predicted molar refractivity (Wildman–Crippen MR) is 49.2 cm³/mol. The molecule has 0 saturated carbocycles. The van der Waals surface area contributed by atoms with E-state index in [1.807, 2.05) is 13.8 Å². The monoisotopic (exact) mass is 187 g/mol. The Balaban J connectivity index is 4.01. The molecular weight excluding hydrogens is 170 g/mol. The lowest BCUT2D eigenvalue weighted by Gasteiger charge is -2.18. The normalized spacial score (nSPS) is 9.46. The Morgan fingerprint density at radius 3 is 2.31 bits per heavy atom. The van der Waals surface area contributed by atoms with E-state index in [-0.39, 0.29) is 18.4 Å². The van der Waals surface area contributed by atoms with Crippen molar-refractivity contribution in [3.8, 4) is 0 Å². The summed E-state index contributed by atoms with van der Waals surface area (Å²) in [7, 11) is 1.32. The highest BCUT2D eigenvalue weighted by Gasteiger charge is 2.14. The SMILES string of the molecule is CCCC(=O)N(CC)CC(=O)OC. The number of nitrogens with zero attached hydrogens (tertiary/aromatic N) is 1. The van der Waals surface area contributed by atoms with Crippen LogP contribution in [0.3, 0.4) is 0 Å². The molecule has 4 nitrogen and oxygen atoms in total. The number of methoxy groups -OCH3 is 1. The van der Waals surface area contributed by atoms with Crippen LogP contribution in [0.15, 0.2) is 0 Å². The van der Waals surface area contributed by atoms with Gasteiger partial charge in [-0.15, -0.1) is 0 Å². The zero-order valence-electron chi connectivity index (χ0n) is 8.50. The third-order valence-electron chi connectivity index (χ3n) is 1.75. The highest BCUT2D eigenvalue weighted by Crippen LogP contribution is 1.97. The van der Waals surface area contributed by atoms with E-state index in [0.29, 0.717) is 13.0 Å². The summed E-state index contributed by atoms with van der Waals surface area (Å²) in [6, 6.07) is 0. The second kappa shape index (κ2) is 6.46. The van der Waals surface area contributed by atoms with Gasteiger partial charge >= 0.3 is 5.97 Å². The van der Waals surface area contributed by atoms with Crippen LogP contribution < -0.4 is 0 Å². The van der Waals surface area contributed by atoms with E-state index in [4.69, 9.17) is 0 Å². The molecule has 4 heteroatoms. The van der Waals surface area contributed by atoms with Crippen LogP contribution in [0.2, 0.25) is 0 Å². The van der Waals surface area contributed by atoms with E-state index < -0.39 is 0 Å². The van der Waals surface area contributed by atoms with E-state index in [9.17, 15) is 9.59 Å². The average molecular weight is 187 g/mol. The molecule has 0 atom stereocenters. The Kier molecular flexibility index (Phi) is 5.93. The number of ether oxygens (including phenoxy) is 1. The van der Waals surface area contributed by atoms with Crippen molar-refractivity contribution in [2.24, 2.45) is 0 Å². The zero-order valence-corrected chi connectivity index (χ0v) is 8.50. The fourth-order valence-electron chi connectivity index (χ4n) is 0.969. The summed E-state index contributed by atoms with van der Waals surface area (Å²) in [4.78, 5) is 23.7. The molecule has 0 bridgehead atoms. The van der Waals surface area contributed by atoms with Gasteiger partial charge in [0.25, 0.3) is 0 Å². The number of esters is 1. The largest absolute Gasteiger partial charge is 0.468 e. The highest BCUT2D eigenvalue weighted by molar-refractivity contribution is 5.81. The molecule has 1 amide bonds. The molecule has 0 unspecified atom stereocenters. The minimum Gasteiger partial charge on any atom is -0.468 e. The van der Waals surface area contributed by atoms with Gasteiger partial charge in [-0.2, -0.15) is 0 Å². The predicted octanol–water partition coefficient (Wildman–Crippen LogP) is 0.808. The molecule has 0 aromatic heterocycles. The maximum atomic E-state index is 11.3. The van der Waals surface area contributed by atoms with Crippen molar-refractivity contribution in [2.45, 2.75) is 26.7 Å². The van der Waals surface area contributed by atoms with Crippen LogP contribution >= 0.6 is 0 Å². The number of carbonyl (C=O) groups is 2. The van der Waals surface area contributed by atoms with Gasteiger partial charge in [-0.05, 0) is 13.3 Å². The van der Waals surface area contributed by atoms with E-state index in [1.165, 1.54) is 12.0 Å². The standard InChI is InChI=1S/C9H17NO3/c1-4-6-8(11)10(5-2)7-9(12)13-3/h4-7H2,1-3H3. The molecule has 0 fully saturated rings. The molecule has 0 radical (unpaired) electrons. The van der Waals surface area contributed by atoms with Gasteiger partial charge in [-0.25, -0.2) is 0 Å². The molecule has 0 aliphatic rings. The summed E-state index contributed by atoms with van der Waals surface area (Å²) in [5.74, 6) is -0.360. The molecule has 0 heterocycles. The number of hydrogen-bond donors (Lipinski definition) is 0. The second-order valence-corrected chi connectivity index (χ2v) is 2.73. The molecule has 76 valence electrons. The number of carbonyl (C=O) groups excluding carboxylic acids is 2. The van der Waals surface area contributed by atoms with Crippen LogP contribution in [-0.2, 0) is 14.3 Å². The van der Waals surface area contributed by atoms with Gasteiger partial charge in [0.1, 0.15) is 6.54 Å². The van der Waals surface area contributed by atoms with Gasteiger partial charge in [0, 0.05) is 13.0 Å². The zero-order chi connectivity index (χ0) is 10.3. The minimum atomic E-state index is -0.369. The molecule has 13 heavy (non-hydrogen) atoms. The fourth-order valence-corrected chi connectivity index (χ4v) is 0.969. The first-order valence-electron chi connectivity index (χ1n) is 4.50. The molecular formula is C9H17NO3. The van der Waals surface area contributed by atoms with Crippen molar-refractivity contribution in [3.05, 3.63) is 0 Å². The smallest absolute Gasteiger partial charge is 0.325 e. The van der Waals surface area contributed by atoms with Crippen LogP contribution in [0.5, 0.6) is 0 Å². The quantitative estimate of drug-likeness (QED) is 0.598. The topological polar surface area (TPSA) is 46.6 Å². The van der Waals surface area contributed by atoms with Crippen molar-refractivity contribution in [3.63, 3.8) is 0 Å². The molecule has 0 aromatic carbocycles. The van der Waals surface area contributed by atoms with Crippen LogP contribution in [0, 0.1) is 0 Å². The summed E-state index contributed by atoms with van der Waals surface area (Å²) in [5, 5.41) is 0. The first kappa shape index (κ1) is 11.9. The summed E-state index contributed by atoms with van der Waals surface area (Å²) in [6.07, 6.45) is 1.29. The fraction of sp³-hybridized carbons (Fsp3) is 0.778. The van der Waals surface area contributed by atoms with Crippen molar-refractivity contribution >= 4 is 11.9 Å². The van der Waals surface area contributed by atoms with Gasteiger partial charge in [0.15, 0.2) is 0 Å². The molecule has 0 aliphatic heterocycles. The van der Waals surface area contributed by atoms with E-state index in [2.05, 4.69) is 4.74 Å².